The third-order valence-corrected chi connectivity index (χ3v) is 4.83. The number of rotatable bonds is 4. The van der Waals surface area contributed by atoms with Crippen LogP contribution in [0.15, 0.2) is 12.1 Å². The first-order chi connectivity index (χ1) is 13.7. The number of alkyl halides is 3. The molecule has 1 amide bonds. The molecule has 0 spiro atoms. The highest BCUT2D eigenvalue weighted by molar-refractivity contribution is 5.87. The Balaban J connectivity index is 0.000000396. The zero-order chi connectivity index (χ0) is 22.9. The van der Waals surface area contributed by atoms with Gasteiger partial charge in [0.25, 0.3) is 0 Å². The van der Waals surface area contributed by atoms with Crippen molar-refractivity contribution < 1.29 is 47.3 Å². The number of anilines is 1. The number of aliphatic carboxylic acids is 2. The van der Waals surface area contributed by atoms with Gasteiger partial charge in [0.05, 0.1) is 11.5 Å². The molecule has 1 fully saturated rings. The third kappa shape index (κ3) is 5.59. The van der Waals surface area contributed by atoms with E-state index in [0.717, 1.165) is 5.56 Å². The van der Waals surface area contributed by atoms with E-state index in [1.165, 1.54) is 6.07 Å². The second-order valence-corrected chi connectivity index (χ2v) is 7.36. The maximum atomic E-state index is 13.9. The first-order valence-corrected chi connectivity index (χ1v) is 8.80. The summed E-state index contributed by atoms with van der Waals surface area (Å²) in [6.07, 6.45) is -4.56. The number of amides is 1. The summed E-state index contributed by atoms with van der Waals surface area (Å²) in [4.78, 5) is 31.8. The lowest BCUT2D eigenvalue weighted by molar-refractivity contribution is -0.192. The fraction of sp³-hybridized carbons (Fsp3) is 0.500. The van der Waals surface area contributed by atoms with E-state index in [1.807, 2.05) is 0 Å². The molecule has 1 aliphatic carbocycles. The van der Waals surface area contributed by atoms with Crippen molar-refractivity contribution in [2.24, 2.45) is 5.92 Å². The number of carbonyl (C=O) groups excluding carboxylic acids is 1. The van der Waals surface area contributed by atoms with Crippen LogP contribution in [0.3, 0.4) is 0 Å². The summed E-state index contributed by atoms with van der Waals surface area (Å²) in [5.41, 5.74) is 0.727. The van der Waals surface area contributed by atoms with Crippen LogP contribution in [0.4, 0.5) is 23.2 Å². The molecule has 0 aromatic heterocycles. The van der Waals surface area contributed by atoms with Gasteiger partial charge in [-0.05, 0) is 37.5 Å². The number of nitrogens with one attached hydrogen (secondary N) is 2. The lowest BCUT2D eigenvalue weighted by atomic mass is 9.71. The van der Waals surface area contributed by atoms with E-state index in [2.05, 4.69) is 10.6 Å². The van der Waals surface area contributed by atoms with Gasteiger partial charge in [-0.15, -0.1) is 0 Å². The smallest absolute Gasteiger partial charge is 0.481 e. The average Bonchev–Trinajstić information content (AvgIpc) is 3.01. The zero-order valence-electron chi connectivity index (χ0n) is 15.7. The van der Waals surface area contributed by atoms with Gasteiger partial charge < -0.3 is 26.0 Å². The summed E-state index contributed by atoms with van der Waals surface area (Å²) in [6.45, 7) is 1.79. The summed E-state index contributed by atoms with van der Waals surface area (Å²) >= 11 is 0. The fourth-order valence-electron chi connectivity index (χ4n) is 3.26. The molecular formula is C18H20F4N2O6. The molecule has 1 saturated carbocycles. The van der Waals surface area contributed by atoms with Crippen molar-refractivity contribution in [1.29, 1.82) is 0 Å². The van der Waals surface area contributed by atoms with Gasteiger partial charge in [0.15, 0.2) is 0 Å². The van der Waals surface area contributed by atoms with Crippen molar-refractivity contribution in [3.05, 3.63) is 29.1 Å². The lowest BCUT2D eigenvalue weighted by Gasteiger charge is -2.41. The number of aliphatic hydroxyl groups is 1. The Morgan fingerprint density at radius 2 is 1.80 bits per heavy atom. The number of aryl methyl sites for hydroxylation is 1. The minimum Gasteiger partial charge on any atom is -0.481 e. The van der Waals surface area contributed by atoms with Crippen molar-refractivity contribution in [1.82, 2.24) is 5.32 Å². The van der Waals surface area contributed by atoms with Crippen molar-refractivity contribution in [3.63, 3.8) is 0 Å². The van der Waals surface area contributed by atoms with Gasteiger partial charge >= 0.3 is 18.1 Å². The van der Waals surface area contributed by atoms with Crippen LogP contribution < -0.4 is 10.6 Å². The maximum Gasteiger partial charge on any atom is 0.490 e. The van der Waals surface area contributed by atoms with Crippen LogP contribution in [0, 0.1) is 18.7 Å². The lowest BCUT2D eigenvalue weighted by Crippen LogP contribution is -2.55. The van der Waals surface area contributed by atoms with Crippen LogP contribution in [0.2, 0.25) is 0 Å². The normalized spacial score (nSPS) is 24.5. The molecule has 0 radical (unpaired) electrons. The van der Waals surface area contributed by atoms with Crippen LogP contribution in [0.1, 0.15) is 24.0 Å². The molecule has 166 valence electrons. The molecule has 1 aromatic rings. The highest BCUT2D eigenvalue weighted by Gasteiger charge is 2.46. The number of carboxylic acids is 2. The predicted molar refractivity (Wildman–Crippen MR) is 94.3 cm³/mol. The Morgan fingerprint density at radius 1 is 1.23 bits per heavy atom. The summed E-state index contributed by atoms with van der Waals surface area (Å²) in [6, 6.07) is 2.65. The molecule has 8 nitrogen and oxygen atoms in total. The molecule has 1 heterocycles. The van der Waals surface area contributed by atoms with E-state index in [9.17, 15) is 32.3 Å². The average molecular weight is 436 g/mol. The first-order valence-electron chi connectivity index (χ1n) is 8.80. The molecule has 1 unspecified atom stereocenters. The molecule has 1 aliphatic heterocycles. The highest BCUT2D eigenvalue weighted by Crippen LogP contribution is 2.37. The number of carbonyl (C=O) groups is 3. The topological polar surface area (TPSA) is 136 Å². The highest BCUT2D eigenvalue weighted by atomic mass is 19.4. The van der Waals surface area contributed by atoms with Gasteiger partial charge in [-0.1, -0.05) is 0 Å². The minimum atomic E-state index is -5.08. The van der Waals surface area contributed by atoms with Crippen LogP contribution in [-0.2, 0) is 20.8 Å². The SMILES string of the molecule is Cc1cc(F)c2c(c1)NC(C(=O)NCC1(O)CC(C(=O)O)C1)C2.O=C(O)C(F)(F)F. The summed E-state index contributed by atoms with van der Waals surface area (Å²) in [7, 11) is 0. The van der Waals surface area contributed by atoms with E-state index in [-0.39, 0.29) is 37.5 Å². The molecule has 2 aliphatic rings. The Bertz CT molecular complexity index is 852. The number of fused-ring (bicyclic) bond motifs is 1. The monoisotopic (exact) mass is 436 g/mol. The number of halogens is 4. The Kier molecular flexibility index (Phi) is 6.60. The van der Waals surface area contributed by atoms with Crippen LogP contribution in [0.5, 0.6) is 0 Å². The van der Waals surface area contributed by atoms with E-state index in [4.69, 9.17) is 15.0 Å². The van der Waals surface area contributed by atoms with Gasteiger partial charge in [0.1, 0.15) is 11.9 Å². The van der Waals surface area contributed by atoms with Gasteiger partial charge in [0.2, 0.25) is 5.91 Å². The standard InChI is InChI=1S/C16H19FN2O4.C2HF3O2/c1-8-2-11(17)10-4-13(19-12(10)3-8)14(20)18-7-16(23)5-9(6-16)15(21)22;3-2(4,5)1(6)7/h2-3,9,13,19,23H,4-7H2,1H3,(H,18,20)(H,21,22);(H,6,7). The number of carboxylic acid groups (broad SMARTS) is 2. The minimum absolute atomic E-state index is 0.00560. The Hall–Kier alpha value is -2.89. The molecular weight excluding hydrogens is 416 g/mol. The van der Waals surface area contributed by atoms with Crippen LogP contribution in [0.25, 0.3) is 0 Å². The van der Waals surface area contributed by atoms with Crippen molar-refractivity contribution in [2.75, 3.05) is 11.9 Å². The number of hydrogen-bond acceptors (Lipinski definition) is 5. The fourth-order valence-corrected chi connectivity index (χ4v) is 3.26. The molecule has 3 rings (SSSR count). The van der Waals surface area contributed by atoms with Crippen LogP contribution >= 0.6 is 0 Å². The maximum absolute atomic E-state index is 13.9. The molecule has 1 atom stereocenters. The summed E-state index contributed by atoms with van der Waals surface area (Å²) in [5, 5.41) is 31.7. The molecule has 12 heteroatoms. The molecule has 0 saturated heterocycles. The zero-order valence-corrected chi connectivity index (χ0v) is 15.7. The van der Waals surface area contributed by atoms with Gasteiger partial charge in [-0.3, -0.25) is 9.59 Å². The van der Waals surface area contributed by atoms with Gasteiger partial charge in [-0.2, -0.15) is 13.2 Å². The summed E-state index contributed by atoms with van der Waals surface area (Å²) < 4.78 is 45.6. The van der Waals surface area contributed by atoms with Gasteiger partial charge in [-0.25, -0.2) is 9.18 Å². The van der Waals surface area contributed by atoms with E-state index >= 15 is 0 Å². The second kappa shape index (κ2) is 8.46. The Morgan fingerprint density at radius 3 is 2.30 bits per heavy atom. The van der Waals surface area contributed by atoms with Crippen molar-refractivity contribution in [2.45, 2.75) is 44.0 Å². The molecule has 1 aromatic carbocycles. The molecule has 30 heavy (non-hydrogen) atoms. The molecule has 5 N–H and O–H groups in total. The predicted octanol–water partition coefficient (Wildman–Crippen LogP) is 1.45. The van der Waals surface area contributed by atoms with E-state index in [1.54, 1.807) is 13.0 Å². The van der Waals surface area contributed by atoms with Crippen molar-refractivity contribution in [3.8, 4) is 0 Å². The quantitative estimate of drug-likeness (QED) is 0.451. The van der Waals surface area contributed by atoms with Crippen molar-refractivity contribution >= 4 is 23.5 Å². The Labute approximate surface area is 167 Å². The molecule has 0 bridgehead atoms. The third-order valence-electron chi connectivity index (χ3n) is 4.83. The van der Waals surface area contributed by atoms with E-state index in [0.29, 0.717) is 11.3 Å². The number of benzene rings is 1. The van der Waals surface area contributed by atoms with Crippen LogP contribution in [-0.4, -0.2) is 57.5 Å². The largest absolute Gasteiger partial charge is 0.490 e. The second-order valence-electron chi connectivity index (χ2n) is 7.36. The summed E-state index contributed by atoms with van der Waals surface area (Å²) in [5.74, 6) is -4.90. The van der Waals surface area contributed by atoms with Gasteiger partial charge in [0, 0.05) is 24.2 Å². The number of hydrogen-bond donors (Lipinski definition) is 5. The van der Waals surface area contributed by atoms with E-state index < -0.39 is 35.7 Å². The first kappa shape index (κ1) is 23.4.